The maximum atomic E-state index is 16.5. The summed E-state index contributed by atoms with van der Waals surface area (Å²) in [4.78, 5) is 54.4. The summed E-state index contributed by atoms with van der Waals surface area (Å²) in [6.45, 7) is 5.04. The molecule has 1 saturated heterocycles. The van der Waals surface area contributed by atoms with Gasteiger partial charge in [-0.25, -0.2) is 14.4 Å². The average Bonchev–Trinajstić information content (AvgIpc) is 3.40. The minimum absolute atomic E-state index is 0.00393. The van der Waals surface area contributed by atoms with Crippen molar-refractivity contribution in [3.05, 3.63) is 165 Å². The van der Waals surface area contributed by atoms with Gasteiger partial charge >= 0.3 is 23.6 Å². The average molecular weight is 741 g/mol. The molecular formula is C40H38F2N2O8Si. The van der Waals surface area contributed by atoms with Crippen molar-refractivity contribution in [3.8, 4) is 0 Å². The van der Waals surface area contributed by atoms with E-state index in [1.165, 1.54) is 36.4 Å². The number of alkyl halides is 2. The van der Waals surface area contributed by atoms with Gasteiger partial charge in [-0.1, -0.05) is 118 Å². The van der Waals surface area contributed by atoms with E-state index in [0.717, 1.165) is 16.6 Å². The normalized spacial score (nSPS) is 18.3. The summed E-state index contributed by atoms with van der Waals surface area (Å²) in [5, 5.41) is 1.37. The molecule has 274 valence electrons. The van der Waals surface area contributed by atoms with Crippen LogP contribution >= 0.6 is 0 Å². The van der Waals surface area contributed by atoms with Crippen LogP contribution in [0, 0.1) is 0 Å². The molecule has 1 aliphatic heterocycles. The summed E-state index contributed by atoms with van der Waals surface area (Å²) in [6, 6.07) is 34.6. The Morgan fingerprint density at radius 3 is 1.79 bits per heavy atom. The van der Waals surface area contributed by atoms with Crippen molar-refractivity contribution in [2.45, 2.75) is 56.8 Å². The van der Waals surface area contributed by atoms with Crippen LogP contribution in [-0.4, -0.2) is 54.5 Å². The van der Waals surface area contributed by atoms with Crippen LogP contribution in [0.1, 0.15) is 53.3 Å². The second-order valence-corrected chi connectivity index (χ2v) is 17.9. The van der Waals surface area contributed by atoms with Crippen LogP contribution in [0.2, 0.25) is 5.04 Å². The number of hydrogen-bond donors (Lipinski definition) is 1. The third kappa shape index (κ3) is 7.54. The molecule has 0 saturated carbocycles. The van der Waals surface area contributed by atoms with E-state index in [4.69, 9.17) is 18.6 Å². The van der Waals surface area contributed by atoms with Gasteiger partial charge in [0.1, 0.15) is 12.7 Å². The summed E-state index contributed by atoms with van der Waals surface area (Å²) >= 11 is 0. The largest absolute Gasteiger partial charge is 0.459 e. The first-order valence-corrected chi connectivity index (χ1v) is 18.8. The molecule has 5 aromatic rings. The molecule has 13 heteroatoms. The SMILES string of the molecule is CC(C)(C)[Si](OCc1cn(C2O[C@H](COC(=O)c3ccccc3)[C@@H](OC(=O)c3ccccc3)C2(F)F)c(=O)[nH]c1=O)(c1ccccc1)c1ccccc1. The van der Waals surface area contributed by atoms with Gasteiger partial charge < -0.3 is 18.6 Å². The zero-order chi connectivity index (χ0) is 37.8. The van der Waals surface area contributed by atoms with Crippen molar-refractivity contribution < 1.29 is 37.0 Å². The zero-order valence-corrected chi connectivity index (χ0v) is 30.2. The van der Waals surface area contributed by atoms with E-state index in [1.807, 2.05) is 81.4 Å². The quantitative estimate of drug-likeness (QED) is 0.144. The van der Waals surface area contributed by atoms with Crippen LogP contribution in [0.4, 0.5) is 8.78 Å². The van der Waals surface area contributed by atoms with Gasteiger partial charge in [0.25, 0.3) is 13.9 Å². The number of aromatic nitrogens is 2. The number of hydrogen-bond acceptors (Lipinski definition) is 8. The number of nitrogens with one attached hydrogen (secondary N) is 1. The van der Waals surface area contributed by atoms with Gasteiger partial charge in [0.05, 0.1) is 23.3 Å². The Hall–Kier alpha value is -5.50. The summed E-state index contributed by atoms with van der Waals surface area (Å²) in [5.74, 6) is -5.95. The topological polar surface area (TPSA) is 126 Å². The Labute approximate surface area is 305 Å². The van der Waals surface area contributed by atoms with Crippen LogP contribution in [-0.2, 0) is 25.2 Å². The van der Waals surface area contributed by atoms with E-state index in [-0.39, 0.29) is 23.3 Å². The molecule has 0 spiro atoms. The predicted octanol–water partition coefficient (Wildman–Crippen LogP) is 5.23. The molecule has 4 aromatic carbocycles. The standard InChI is InChI=1S/C40H38F2N2O8Si/c1-39(2,3)53(30-20-12-6-13-21-30,31-22-14-7-15-23-31)50-25-29-24-44(38(48)43-34(29)45)37-40(41,42)33(52-36(47)28-18-10-5-11-19-28)32(51-37)26-49-35(46)27-16-8-4-9-17-27/h4-24,32-33,37H,25-26H2,1-3H3,(H,43,45,48)/t32-,33-,37?/m1/s1. The van der Waals surface area contributed by atoms with Crippen molar-refractivity contribution >= 4 is 30.6 Å². The molecule has 1 aromatic heterocycles. The molecule has 0 amide bonds. The van der Waals surface area contributed by atoms with E-state index < -0.39 is 67.5 Å². The zero-order valence-electron chi connectivity index (χ0n) is 29.2. The Kier molecular flexibility index (Phi) is 10.7. The number of rotatable bonds is 11. The number of nitrogens with zero attached hydrogens (tertiary/aromatic N) is 1. The van der Waals surface area contributed by atoms with Gasteiger partial charge in [-0.15, -0.1) is 0 Å². The lowest BCUT2D eigenvalue weighted by molar-refractivity contribution is -0.143. The predicted molar refractivity (Wildman–Crippen MR) is 195 cm³/mol. The number of benzene rings is 4. The third-order valence-corrected chi connectivity index (χ3v) is 14.1. The Morgan fingerprint density at radius 2 is 1.28 bits per heavy atom. The molecule has 0 aliphatic carbocycles. The minimum atomic E-state index is -4.05. The number of esters is 2. The van der Waals surface area contributed by atoms with Crippen molar-refractivity contribution in [1.82, 2.24) is 9.55 Å². The molecule has 53 heavy (non-hydrogen) atoms. The lowest BCUT2D eigenvalue weighted by Gasteiger charge is -2.43. The third-order valence-electron chi connectivity index (χ3n) is 9.14. The van der Waals surface area contributed by atoms with Crippen LogP contribution in [0.15, 0.2) is 137 Å². The number of aromatic amines is 1. The fourth-order valence-electron chi connectivity index (χ4n) is 6.57. The van der Waals surface area contributed by atoms with Gasteiger partial charge in [-0.05, 0) is 39.7 Å². The van der Waals surface area contributed by atoms with Crippen molar-refractivity contribution in [1.29, 1.82) is 0 Å². The number of ether oxygens (including phenoxy) is 3. The summed E-state index contributed by atoms with van der Waals surface area (Å²) in [6.07, 6.45) is -5.38. The van der Waals surface area contributed by atoms with Gasteiger partial charge in [0.2, 0.25) is 6.23 Å². The van der Waals surface area contributed by atoms with Gasteiger partial charge in [0, 0.05) is 6.20 Å². The van der Waals surface area contributed by atoms with Crippen LogP contribution in [0.3, 0.4) is 0 Å². The van der Waals surface area contributed by atoms with E-state index in [1.54, 1.807) is 24.3 Å². The second-order valence-electron chi connectivity index (χ2n) is 13.6. The summed E-state index contributed by atoms with van der Waals surface area (Å²) < 4.78 is 56.8. The summed E-state index contributed by atoms with van der Waals surface area (Å²) in [5.41, 5.74) is -1.98. The van der Waals surface area contributed by atoms with Crippen molar-refractivity contribution in [2.24, 2.45) is 0 Å². The van der Waals surface area contributed by atoms with Gasteiger partial charge in [0.15, 0.2) is 6.10 Å². The van der Waals surface area contributed by atoms with E-state index in [9.17, 15) is 19.2 Å². The van der Waals surface area contributed by atoms with Crippen LogP contribution in [0.25, 0.3) is 0 Å². The monoisotopic (exact) mass is 740 g/mol. The van der Waals surface area contributed by atoms with Crippen molar-refractivity contribution in [2.75, 3.05) is 6.61 Å². The highest BCUT2D eigenvalue weighted by atomic mass is 28.4. The molecule has 1 unspecified atom stereocenters. The molecule has 0 bridgehead atoms. The first-order valence-electron chi connectivity index (χ1n) is 16.9. The van der Waals surface area contributed by atoms with Gasteiger partial charge in [-0.2, -0.15) is 8.78 Å². The highest BCUT2D eigenvalue weighted by Crippen LogP contribution is 2.44. The van der Waals surface area contributed by atoms with Crippen LogP contribution < -0.4 is 21.6 Å². The van der Waals surface area contributed by atoms with E-state index in [0.29, 0.717) is 4.57 Å². The molecule has 10 nitrogen and oxygen atoms in total. The fourth-order valence-corrected chi connectivity index (χ4v) is 11.1. The molecule has 6 rings (SSSR count). The Morgan fingerprint density at radius 1 is 0.792 bits per heavy atom. The molecule has 1 fully saturated rings. The maximum Gasteiger partial charge on any atom is 0.338 e. The molecule has 1 N–H and O–H groups in total. The number of halogens is 2. The first kappa shape index (κ1) is 37.3. The Bertz CT molecular complexity index is 2120. The lowest BCUT2D eigenvalue weighted by Crippen LogP contribution is -2.66. The summed E-state index contributed by atoms with van der Waals surface area (Å²) in [7, 11) is -3.19. The number of carbonyl (C=O) groups is 2. The van der Waals surface area contributed by atoms with E-state index in [2.05, 4.69) is 4.98 Å². The van der Waals surface area contributed by atoms with Crippen LogP contribution in [0.5, 0.6) is 0 Å². The molecule has 2 heterocycles. The molecule has 1 aliphatic rings. The van der Waals surface area contributed by atoms with Gasteiger partial charge in [-0.3, -0.25) is 14.3 Å². The lowest BCUT2D eigenvalue weighted by atomic mass is 10.1. The highest BCUT2D eigenvalue weighted by molar-refractivity contribution is 6.99. The molecule has 3 atom stereocenters. The second kappa shape index (κ2) is 15.2. The van der Waals surface area contributed by atoms with Crippen molar-refractivity contribution in [3.63, 3.8) is 0 Å². The van der Waals surface area contributed by atoms with E-state index >= 15 is 8.78 Å². The smallest absolute Gasteiger partial charge is 0.338 e. The fraction of sp³-hybridized carbons (Fsp3) is 0.250. The Balaban J connectivity index is 1.35. The molecular weight excluding hydrogens is 703 g/mol. The maximum absolute atomic E-state index is 16.5. The number of carbonyl (C=O) groups excluding carboxylic acids is 2. The number of H-pyrrole nitrogens is 1. The minimum Gasteiger partial charge on any atom is -0.459 e. The molecule has 0 radical (unpaired) electrons. The first-order chi connectivity index (χ1) is 25.3. The highest BCUT2D eigenvalue weighted by Gasteiger charge is 2.63.